The third-order valence-corrected chi connectivity index (χ3v) is 4.96. The van der Waals surface area contributed by atoms with Crippen LogP contribution in [-0.2, 0) is 6.54 Å². The van der Waals surface area contributed by atoms with Crippen LogP contribution in [0.1, 0.15) is 25.3 Å². The lowest BCUT2D eigenvalue weighted by Gasteiger charge is -2.35. The van der Waals surface area contributed by atoms with Crippen molar-refractivity contribution in [1.82, 2.24) is 4.90 Å². The fraction of sp³-hybridized carbons (Fsp3) is 0.625. The smallest absolute Gasteiger partial charge is 0.0233 e. The molecule has 2 nitrogen and oxygen atoms in total. The first-order chi connectivity index (χ1) is 8.74. The fourth-order valence-electron chi connectivity index (χ4n) is 3.79. The summed E-state index contributed by atoms with van der Waals surface area (Å²) in [6, 6.07) is 11.2. The number of rotatable bonds is 2. The average Bonchev–Trinajstić information content (AvgIpc) is 2.79. The molecule has 1 saturated heterocycles. The van der Waals surface area contributed by atoms with Crippen molar-refractivity contribution in [3.63, 3.8) is 0 Å². The van der Waals surface area contributed by atoms with Crippen molar-refractivity contribution < 1.29 is 0 Å². The summed E-state index contributed by atoms with van der Waals surface area (Å²) in [7, 11) is 0. The van der Waals surface area contributed by atoms with E-state index in [-0.39, 0.29) is 0 Å². The topological polar surface area (TPSA) is 29.3 Å². The highest BCUT2D eigenvalue weighted by atomic mass is 15.2. The Balaban J connectivity index is 1.64. The predicted octanol–water partition coefficient (Wildman–Crippen LogP) is 2.49. The zero-order chi connectivity index (χ0) is 12.5. The van der Waals surface area contributed by atoms with E-state index in [1.165, 1.54) is 31.5 Å². The Morgan fingerprint density at radius 2 is 1.94 bits per heavy atom. The summed E-state index contributed by atoms with van der Waals surface area (Å²) in [5.74, 6) is 2.29. The summed E-state index contributed by atoms with van der Waals surface area (Å²) >= 11 is 0. The normalized spacial score (nSPS) is 36.6. The van der Waals surface area contributed by atoms with Crippen LogP contribution in [0.4, 0.5) is 0 Å². The molecular formula is C16H24N2. The first-order valence-electron chi connectivity index (χ1n) is 7.26. The van der Waals surface area contributed by atoms with Gasteiger partial charge in [-0.3, -0.25) is 4.90 Å². The van der Waals surface area contributed by atoms with Gasteiger partial charge in [0.05, 0.1) is 0 Å². The van der Waals surface area contributed by atoms with Gasteiger partial charge in [-0.2, -0.15) is 0 Å². The average molecular weight is 244 g/mol. The zero-order valence-electron chi connectivity index (χ0n) is 11.3. The summed E-state index contributed by atoms with van der Waals surface area (Å²) in [4.78, 5) is 2.60. The Kier molecular flexibility index (Phi) is 3.40. The summed E-state index contributed by atoms with van der Waals surface area (Å²) in [5, 5.41) is 0. The molecule has 1 aromatic carbocycles. The largest absolute Gasteiger partial charge is 0.327 e. The molecule has 2 heteroatoms. The third-order valence-electron chi connectivity index (χ3n) is 4.96. The molecule has 1 heterocycles. The Bertz CT molecular complexity index is 389. The molecule has 1 aliphatic heterocycles. The minimum Gasteiger partial charge on any atom is -0.327 e. The van der Waals surface area contributed by atoms with Crippen LogP contribution in [-0.4, -0.2) is 24.0 Å². The van der Waals surface area contributed by atoms with Crippen LogP contribution in [0.25, 0.3) is 0 Å². The van der Waals surface area contributed by atoms with Gasteiger partial charge in [-0.15, -0.1) is 0 Å². The summed E-state index contributed by atoms with van der Waals surface area (Å²) in [5.41, 5.74) is 7.82. The number of nitrogens with zero attached hydrogens (tertiary/aromatic N) is 1. The van der Waals surface area contributed by atoms with E-state index in [2.05, 4.69) is 42.2 Å². The Labute approximate surface area is 110 Å². The number of benzene rings is 1. The molecule has 0 amide bonds. The number of fused-ring (bicyclic) bond motifs is 1. The highest BCUT2D eigenvalue weighted by Gasteiger charge is 2.41. The van der Waals surface area contributed by atoms with Crippen molar-refractivity contribution in [2.45, 2.75) is 32.4 Å². The van der Waals surface area contributed by atoms with Crippen LogP contribution in [0.2, 0.25) is 0 Å². The van der Waals surface area contributed by atoms with Crippen LogP contribution in [0.5, 0.6) is 0 Å². The fourth-order valence-corrected chi connectivity index (χ4v) is 3.79. The molecular weight excluding hydrogens is 220 g/mol. The van der Waals surface area contributed by atoms with E-state index in [0.29, 0.717) is 12.0 Å². The molecule has 1 unspecified atom stereocenters. The second-order valence-corrected chi connectivity index (χ2v) is 6.24. The third kappa shape index (κ3) is 2.32. The Hall–Kier alpha value is -0.860. The van der Waals surface area contributed by atoms with E-state index in [9.17, 15) is 0 Å². The molecule has 2 aliphatic rings. The van der Waals surface area contributed by atoms with Crippen LogP contribution in [0.3, 0.4) is 0 Å². The van der Waals surface area contributed by atoms with Gasteiger partial charge < -0.3 is 5.73 Å². The van der Waals surface area contributed by atoms with E-state index >= 15 is 0 Å². The van der Waals surface area contributed by atoms with Crippen molar-refractivity contribution in [3.05, 3.63) is 35.9 Å². The van der Waals surface area contributed by atoms with Crippen molar-refractivity contribution in [2.75, 3.05) is 13.1 Å². The van der Waals surface area contributed by atoms with Crippen molar-refractivity contribution in [2.24, 2.45) is 23.5 Å². The lowest BCUT2D eigenvalue weighted by molar-refractivity contribution is 0.197. The molecule has 0 spiro atoms. The lowest BCUT2D eigenvalue weighted by Crippen LogP contribution is -2.43. The maximum absolute atomic E-state index is 6.39. The maximum Gasteiger partial charge on any atom is 0.0233 e. The van der Waals surface area contributed by atoms with Crippen LogP contribution >= 0.6 is 0 Å². The minimum atomic E-state index is 0.421. The van der Waals surface area contributed by atoms with Gasteiger partial charge in [0.1, 0.15) is 0 Å². The van der Waals surface area contributed by atoms with Crippen molar-refractivity contribution in [1.29, 1.82) is 0 Å². The SMILES string of the molecule is CC1CC[C@@H]2CN(Cc3ccccc3)C[C@@H]2[C@@H]1N. The van der Waals surface area contributed by atoms with Crippen molar-refractivity contribution >= 4 is 0 Å². The molecule has 0 bridgehead atoms. The monoisotopic (exact) mass is 244 g/mol. The van der Waals surface area contributed by atoms with Gasteiger partial charge in [0.25, 0.3) is 0 Å². The van der Waals surface area contributed by atoms with Crippen molar-refractivity contribution in [3.8, 4) is 0 Å². The molecule has 1 aromatic rings. The van der Waals surface area contributed by atoms with Gasteiger partial charge in [0, 0.05) is 25.7 Å². The Morgan fingerprint density at radius 1 is 1.17 bits per heavy atom. The highest BCUT2D eigenvalue weighted by molar-refractivity contribution is 5.15. The first kappa shape index (κ1) is 12.2. The van der Waals surface area contributed by atoms with E-state index < -0.39 is 0 Å². The summed E-state index contributed by atoms with van der Waals surface area (Å²) in [6.07, 6.45) is 2.70. The molecule has 1 saturated carbocycles. The molecule has 18 heavy (non-hydrogen) atoms. The maximum atomic E-state index is 6.39. The van der Waals surface area contributed by atoms with Gasteiger partial charge in [0.2, 0.25) is 0 Å². The van der Waals surface area contributed by atoms with Crippen LogP contribution in [0.15, 0.2) is 30.3 Å². The predicted molar refractivity (Wildman–Crippen MR) is 75.1 cm³/mol. The summed E-state index contributed by atoms with van der Waals surface area (Å²) in [6.45, 7) is 5.86. The molecule has 0 radical (unpaired) electrons. The molecule has 0 aromatic heterocycles. The quantitative estimate of drug-likeness (QED) is 0.866. The van der Waals surface area contributed by atoms with Gasteiger partial charge >= 0.3 is 0 Å². The molecule has 98 valence electrons. The van der Waals surface area contributed by atoms with Gasteiger partial charge in [-0.05, 0) is 36.2 Å². The standard InChI is InChI=1S/C16H24N2/c1-12-7-8-14-10-18(11-15(14)16(12)17)9-13-5-3-2-4-6-13/h2-6,12,14-16H,7-11,17H2,1H3/t12?,14-,15+,16-/m1/s1. The number of hydrogen-bond donors (Lipinski definition) is 1. The summed E-state index contributed by atoms with van der Waals surface area (Å²) < 4.78 is 0. The van der Waals surface area contributed by atoms with Crippen LogP contribution in [0, 0.1) is 17.8 Å². The molecule has 1 aliphatic carbocycles. The van der Waals surface area contributed by atoms with E-state index in [0.717, 1.165) is 18.4 Å². The van der Waals surface area contributed by atoms with Gasteiger partial charge in [-0.25, -0.2) is 0 Å². The minimum absolute atomic E-state index is 0.421. The van der Waals surface area contributed by atoms with E-state index in [1.54, 1.807) is 0 Å². The van der Waals surface area contributed by atoms with Crippen LogP contribution < -0.4 is 5.73 Å². The Morgan fingerprint density at radius 3 is 2.72 bits per heavy atom. The molecule has 2 N–H and O–H groups in total. The number of likely N-dealkylation sites (tertiary alicyclic amines) is 1. The molecule has 2 fully saturated rings. The highest BCUT2D eigenvalue weighted by Crippen LogP contribution is 2.38. The lowest BCUT2D eigenvalue weighted by atomic mass is 9.73. The first-order valence-corrected chi connectivity index (χ1v) is 7.26. The van der Waals surface area contributed by atoms with Gasteiger partial charge in [0.15, 0.2) is 0 Å². The second kappa shape index (κ2) is 5.02. The number of nitrogens with two attached hydrogens (primary N) is 1. The van der Waals surface area contributed by atoms with E-state index in [1.807, 2.05) is 0 Å². The molecule has 3 rings (SSSR count). The van der Waals surface area contributed by atoms with E-state index in [4.69, 9.17) is 5.73 Å². The number of hydrogen-bond acceptors (Lipinski definition) is 2. The second-order valence-electron chi connectivity index (χ2n) is 6.24. The molecule has 4 atom stereocenters. The zero-order valence-corrected chi connectivity index (χ0v) is 11.3. The van der Waals surface area contributed by atoms with Gasteiger partial charge in [-0.1, -0.05) is 37.3 Å².